The van der Waals surface area contributed by atoms with E-state index in [0.717, 1.165) is 38.5 Å². The van der Waals surface area contributed by atoms with Gasteiger partial charge in [0.25, 0.3) is 0 Å². The fourth-order valence-corrected chi connectivity index (χ4v) is 3.69. The lowest BCUT2D eigenvalue weighted by Gasteiger charge is -2.31. The summed E-state index contributed by atoms with van der Waals surface area (Å²) in [4.78, 5) is 0. The molecule has 0 bridgehead atoms. The Hall–Kier alpha value is -0.550. The minimum Gasteiger partial charge on any atom is -0.391 e. The molecular weight excluding hydrogens is 198 g/mol. The summed E-state index contributed by atoms with van der Waals surface area (Å²) in [5.74, 6) is 1.06. The van der Waals surface area contributed by atoms with Crippen LogP contribution in [0.4, 0.5) is 0 Å². The van der Waals surface area contributed by atoms with Crippen molar-refractivity contribution in [2.24, 2.45) is 17.3 Å². The second-order valence-corrected chi connectivity index (χ2v) is 5.77. The highest BCUT2D eigenvalue weighted by atomic mass is 16.3. The molecule has 3 atom stereocenters. The highest BCUT2D eigenvalue weighted by molar-refractivity contribution is 5.09. The Balaban J connectivity index is 2.07. The number of nitriles is 1. The van der Waals surface area contributed by atoms with Crippen molar-refractivity contribution in [2.45, 2.75) is 64.4 Å². The van der Waals surface area contributed by atoms with E-state index >= 15 is 0 Å². The average Bonchev–Trinajstić information content (AvgIpc) is 2.98. The van der Waals surface area contributed by atoms with Crippen LogP contribution in [-0.4, -0.2) is 11.2 Å². The fraction of sp³-hybridized carbons (Fsp3) is 0.929. The molecule has 0 aromatic heterocycles. The van der Waals surface area contributed by atoms with Crippen LogP contribution in [0.3, 0.4) is 0 Å². The van der Waals surface area contributed by atoms with E-state index in [2.05, 4.69) is 13.0 Å². The zero-order valence-corrected chi connectivity index (χ0v) is 10.3. The van der Waals surface area contributed by atoms with E-state index < -0.39 is 5.41 Å². The molecule has 2 aliphatic carbocycles. The Morgan fingerprint density at radius 1 is 1.38 bits per heavy atom. The molecule has 3 unspecified atom stereocenters. The zero-order chi connectivity index (χ0) is 11.6. The number of hydrogen-bond acceptors (Lipinski definition) is 2. The topological polar surface area (TPSA) is 44.0 Å². The molecule has 0 amide bonds. The molecule has 0 saturated heterocycles. The van der Waals surface area contributed by atoms with Crippen molar-refractivity contribution >= 4 is 0 Å². The predicted octanol–water partition coefficient (Wildman–Crippen LogP) is 3.26. The van der Waals surface area contributed by atoms with Crippen LogP contribution in [0.15, 0.2) is 0 Å². The lowest BCUT2D eigenvalue weighted by Crippen LogP contribution is -2.36. The van der Waals surface area contributed by atoms with Crippen LogP contribution < -0.4 is 0 Å². The van der Waals surface area contributed by atoms with E-state index in [-0.39, 0.29) is 6.10 Å². The van der Waals surface area contributed by atoms with E-state index in [1.165, 1.54) is 12.8 Å². The molecule has 0 radical (unpaired) electrons. The molecule has 2 saturated carbocycles. The Bertz CT molecular complexity index is 277. The normalized spacial score (nSPS) is 37.4. The van der Waals surface area contributed by atoms with Crippen LogP contribution in [0.25, 0.3) is 0 Å². The van der Waals surface area contributed by atoms with Crippen LogP contribution in [0.2, 0.25) is 0 Å². The van der Waals surface area contributed by atoms with Crippen molar-refractivity contribution in [3.63, 3.8) is 0 Å². The molecule has 2 aliphatic rings. The van der Waals surface area contributed by atoms with Crippen molar-refractivity contribution in [1.82, 2.24) is 0 Å². The summed E-state index contributed by atoms with van der Waals surface area (Å²) < 4.78 is 0. The lowest BCUT2D eigenvalue weighted by molar-refractivity contribution is 0.0159. The van der Waals surface area contributed by atoms with Gasteiger partial charge in [0.1, 0.15) is 0 Å². The monoisotopic (exact) mass is 221 g/mol. The molecule has 0 aromatic rings. The third-order valence-electron chi connectivity index (χ3n) is 4.86. The van der Waals surface area contributed by atoms with Crippen LogP contribution in [-0.2, 0) is 0 Å². The summed E-state index contributed by atoms with van der Waals surface area (Å²) in [6, 6.07) is 2.47. The molecule has 0 aliphatic heterocycles. The van der Waals surface area contributed by atoms with Gasteiger partial charge in [0.15, 0.2) is 0 Å². The number of aliphatic hydroxyl groups excluding tert-OH is 1. The molecule has 0 spiro atoms. The van der Waals surface area contributed by atoms with Crippen molar-refractivity contribution in [2.75, 3.05) is 0 Å². The molecule has 90 valence electrons. The Labute approximate surface area is 98.7 Å². The molecule has 2 heteroatoms. The largest absolute Gasteiger partial charge is 0.391 e. The second-order valence-electron chi connectivity index (χ2n) is 5.77. The van der Waals surface area contributed by atoms with Gasteiger partial charge >= 0.3 is 0 Å². The summed E-state index contributed by atoms with van der Waals surface area (Å²) in [6.07, 6.45) is 8.49. The first kappa shape index (κ1) is 11.9. The quantitative estimate of drug-likeness (QED) is 0.795. The fourth-order valence-electron chi connectivity index (χ4n) is 3.69. The first-order valence-electron chi connectivity index (χ1n) is 6.81. The van der Waals surface area contributed by atoms with E-state index in [0.29, 0.717) is 11.8 Å². The SMILES string of the molecule is CCC1CCC(C#N)(C(O)C2CCCC2)C1. The summed E-state index contributed by atoms with van der Waals surface area (Å²) in [6.45, 7) is 2.19. The van der Waals surface area contributed by atoms with Gasteiger partial charge in [-0.1, -0.05) is 26.2 Å². The first-order valence-corrected chi connectivity index (χ1v) is 6.81. The first-order chi connectivity index (χ1) is 7.72. The highest BCUT2D eigenvalue weighted by Crippen LogP contribution is 2.49. The van der Waals surface area contributed by atoms with Gasteiger partial charge in [0.05, 0.1) is 17.6 Å². The number of hydrogen-bond donors (Lipinski definition) is 1. The summed E-state index contributed by atoms with van der Waals surface area (Å²) in [7, 11) is 0. The molecular formula is C14H23NO. The van der Waals surface area contributed by atoms with Crippen LogP contribution >= 0.6 is 0 Å². The molecule has 0 heterocycles. The van der Waals surface area contributed by atoms with Crippen LogP contribution in [0.5, 0.6) is 0 Å². The third kappa shape index (κ3) is 1.98. The van der Waals surface area contributed by atoms with Crippen LogP contribution in [0, 0.1) is 28.6 Å². The minimum atomic E-state index is -0.407. The van der Waals surface area contributed by atoms with Gasteiger partial charge in [-0.2, -0.15) is 5.26 Å². The number of nitrogens with zero attached hydrogens (tertiary/aromatic N) is 1. The second kappa shape index (κ2) is 4.75. The van der Waals surface area contributed by atoms with Crippen LogP contribution in [0.1, 0.15) is 58.3 Å². The van der Waals surface area contributed by atoms with Gasteiger partial charge in [-0.05, 0) is 43.9 Å². The van der Waals surface area contributed by atoms with Gasteiger partial charge in [-0.15, -0.1) is 0 Å². The van der Waals surface area contributed by atoms with Crippen molar-refractivity contribution in [3.05, 3.63) is 0 Å². The van der Waals surface area contributed by atoms with E-state index in [1.54, 1.807) is 0 Å². The molecule has 2 fully saturated rings. The smallest absolute Gasteiger partial charge is 0.0837 e. The third-order valence-corrected chi connectivity index (χ3v) is 4.86. The molecule has 1 N–H and O–H groups in total. The summed E-state index contributed by atoms with van der Waals surface area (Å²) in [5, 5.41) is 19.9. The Morgan fingerprint density at radius 3 is 2.56 bits per heavy atom. The summed E-state index contributed by atoms with van der Waals surface area (Å²) in [5.41, 5.74) is -0.407. The van der Waals surface area contributed by atoms with Crippen molar-refractivity contribution in [1.29, 1.82) is 5.26 Å². The Kier molecular flexibility index (Phi) is 3.54. The molecule has 2 nitrogen and oxygen atoms in total. The Morgan fingerprint density at radius 2 is 2.06 bits per heavy atom. The van der Waals surface area contributed by atoms with Crippen molar-refractivity contribution in [3.8, 4) is 6.07 Å². The maximum Gasteiger partial charge on any atom is 0.0837 e. The van der Waals surface area contributed by atoms with Gasteiger partial charge in [-0.3, -0.25) is 0 Å². The maximum atomic E-state index is 10.5. The molecule has 16 heavy (non-hydrogen) atoms. The predicted molar refractivity (Wildman–Crippen MR) is 63.6 cm³/mol. The average molecular weight is 221 g/mol. The lowest BCUT2D eigenvalue weighted by atomic mass is 9.75. The van der Waals surface area contributed by atoms with E-state index in [4.69, 9.17) is 0 Å². The van der Waals surface area contributed by atoms with Gasteiger partial charge in [0.2, 0.25) is 0 Å². The number of aliphatic hydroxyl groups is 1. The maximum absolute atomic E-state index is 10.5. The zero-order valence-electron chi connectivity index (χ0n) is 10.3. The molecule has 0 aromatic carbocycles. The van der Waals surface area contributed by atoms with Crippen molar-refractivity contribution < 1.29 is 5.11 Å². The van der Waals surface area contributed by atoms with E-state index in [9.17, 15) is 10.4 Å². The van der Waals surface area contributed by atoms with Gasteiger partial charge < -0.3 is 5.11 Å². The standard InChI is InChI=1S/C14H23NO/c1-2-11-7-8-14(9-11,10-15)13(16)12-5-3-4-6-12/h11-13,16H,2-9H2,1H3. The number of rotatable bonds is 3. The minimum absolute atomic E-state index is 0.364. The van der Waals surface area contributed by atoms with Gasteiger partial charge in [0, 0.05) is 0 Å². The van der Waals surface area contributed by atoms with Gasteiger partial charge in [-0.25, -0.2) is 0 Å². The molecule has 2 rings (SSSR count). The summed E-state index contributed by atoms with van der Waals surface area (Å²) >= 11 is 0. The van der Waals surface area contributed by atoms with E-state index in [1.807, 2.05) is 0 Å². The highest BCUT2D eigenvalue weighted by Gasteiger charge is 2.47.